The minimum Gasteiger partial charge on any atom is -0.483 e. The van der Waals surface area contributed by atoms with Gasteiger partial charge in [0.05, 0.1) is 18.2 Å². The minimum atomic E-state index is -1.15. The molecular formula is C31H41N5O9. The van der Waals surface area contributed by atoms with E-state index in [0.717, 1.165) is 18.4 Å². The first-order chi connectivity index (χ1) is 21.5. The van der Waals surface area contributed by atoms with Gasteiger partial charge in [0.2, 0.25) is 5.91 Å². The van der Waals surface area contributed by atoms with Crippen LogP contribution < -0.4 is 10.1 Å². The number of hydrogen-bond donors (Lipinski definition) is 3. The van der Waals surface area contributed by atoms with Gasteiger partial charge >= 0.3 is 12.1 Å². The highest BCUT2D eigenvalue weighted by Gasteiger charge is 2.31. The van der Waals surface area contributed by atoms with Gasteiger partial charge in [-0.25, -0.2) is 9.78 Å². The molecule has 1 aromatic carbocycles. The molecule has 2 saturated heterocycles. The largest absolute Gasteiger partial charge is 0.483 e. The molecule has 1 aromatic heterocycles. The van der Waals surface area contributed by atoms with Crippen molar-refractivity contribution in [2.24, 2.45) is 0 Å². The molecule has 14 nitrogen and oxygen atoms in total. The van der Waals surface area contributed by atoms with Crippen molar-refractivity contribution in [3.63, 3.8) is 0 Å². The van der Waals surface area contributed by atoms with Gasteiger partial charge in [0, 0.05) is 57.1 Å². The molecule has 4 amide bonds. The monoisotopic (exact) mass is 627 g/mol. The minimum absolute atomic E-state index is 0.0695. The van der Waals surface area contributed by atoms with Crippen LogP contribution in [-0.2, 0) is 19.1 Å². The molecule has 244 valence electrons. The Bertz CT molecular complexity index is 1410. The quantitative estimate of drug-likeness (QED) is 0.293. The number of pyridine rings is 1. The number of ether oxygens (including phenoxy) is 2. The summed E-state index contributed by atoms with van der Waals surface area (Å²) in [6.07, 6.45) is 0.638. The number of nitrogens with one attached hydrogen (secondary N) is 1. The van der Waals surface area contributed by atoms with Gasteiger partial charge in [-0.1, -0.05) is 19.4 Å². The van der Waals surface area contributed by atoms with Crippen LogP contribution >= 0.6 is 0 Å². The van der Waals surface area contributed by atoms with Gasteiger partial charge in [-0.3, -0.25) is 19.2 Å². The second-order valence-electron chi connectivity index (χ2n) is 11.3. The molecule has 45 heavy (non-hydrogen) atoms. The van der Waals surface area contributed by atoms with Crippen LogP contribution in [0.15, 0.2) is 24.3 Å². The SMILES string of the molecule is CCCCOC(=O)N1CCN(C(=O)C(CCC(=O)O)NC(=O)c2cc(OCC(=O)N3CCC(O)C3)c3ccc(C)cc3n2)CC1. The van der Waals surface area contributed by atoms with Crippen molar-refractivity contribution in [2.45, 2.75) is 58.1 Å². The summed E-state index contributed by atoms with van der Waals surface area (Å²) in [5.74, 6) is -2.35. The Labute approximate surface area is 261 Å². The van der Waals surface area contributed by atoms with Gasteiger partial charge < -0.3 is 39.7 Å². The number of fused-ring (bicyclic) bond motifs is 1. The molecular weight excluding hydrogens is 586 g/mol. The smallest absolute Gasteiger partial charge is 0.409 e. The fourth-order valence-corrected chi connectivity index (χ4v) is 5.22. The van der Waals surface area contributed by atoms with Gasteiger partial charge in [-0.2, -0.15) is 0 Å². The lowest BCUT2D eigenvalue weighted by molar-refractivity contribution is -0.138. The standard InChI is InChI=1S/C31H41N5O9/c1-3-4-15-44-31(43)35-13-11-34(12-14-35)30(42)23(7-8-28(39)40)33-29(41)25-17-26(22-6-5-20(2)16-24(22)32-25)45-19-27(38)36-10-9-21(37)18-36/h5-6,16-17,21,23,37H,3-4,7-15,18-19H2,1-2H3,(H,33,41)(H,39,40). The van der Waals surface area contributed by atoms with Gasteiger partial charge in [0.1, 0.15) is 17.5 Å². The molecule has 0 saturated carbocycles. The number of aliphatic hydroxyl groups excluding tert-OH is 1. The topological polar surface area (TPSA) is 179 Å². The molecule has 0 radical (unpaired) electrons. The molecule has 2 unspecified atom stereocenters. The zero-order valence-electron chi connectivity index (χ0n) is 25.7. The number of benzene rings is 1. The van der Waals surface area contributed by atoms with Crippen molar-refractivity contribution in [1.82, 2.24) is 25.0 Å². The maximum Gasteiger partial charge on any atom is 0.409 e. The number of rotatable bonds is 12. The highest BCUT2D eigenvalue weighted by molar-refractivity contribution is 5.99. The lowest BCUT2D eigenvalue weighted by Crippen LogP contribution is -2.56. The average molecular weight is 628 g/mol. The fourth-order valence-electron chi connectivity index (χ4n) is 5.22. The van der Waals surface area contributed by atoms with Crippen LogP contribution in [-0.4, -0.2) is 124 Å². The Hall–Kier alpha value is -4.46. The number of likely N-dealkylation sites (tertiary alicyclic amines) is 1. The molecule has 2 aliphatic rings. The van der Waals surface area contributed by atoms with Crippen molar-refractivity contribution < 1.29 is 43.7 Å². The lowest BCUT2D eigenvalue weighted by atomic mass is 10.1. The van der Waals surface area contributed by atoms with Crippen LogP contribution in [0.4, 0.5) is 4.79 Å². The Morgan fingerprint density at radius 3 is 2.44 bits per heavy atom. The number of unbranched alkanes of at least 4 members (excludes halogenated alkanes) is 1. The van der Waals surface area contributed by atoms with Crippen molar-refractivity contribution in [1.29, 1.82) is 0 Å². The Morgan fingerprint density at radius 1 is 1.04 bits per heavy atom. The van der Waals surface area contributed by atoms with Gasteiger partial charge in [-0.15, -0.1) is 0 Å². The van der Waals surface area contributed by atoms with Crippen molar-refractivity contribution >= 4 is 40.7 Å². The van der Waals surface area contributed by atoms with E-state index in [9.17, 15) is 34.2 Å². The number of amides is 4. The number of carbonyl (C=O) groups excluding carboxylic acids is 4. The number of aromatic nitrogens is 1. The molecule has 0 spiro atoms. The number of aryl methyl sites for hydroxylation is 1. The molecule has 3 N–H and O–H groups in total. The van der Waals surface area contributed by atoms with E-state index >= 15 is 0 Å². The molecule has 0 bridgehead atoms. The highest BCUT2D eigenvalue weighted by Crippen LogP contribution is 2.27. The number of carboxylic acids is 1. The third-order valence-corrected chi connectivity index (χ3v) is 7.85. The van der Waals surface area contributed by atoms with Gasteiger partial charge in [0.15, 0.2) is 6.61 Å². The molecule has 2 atom stereocenters. The molecule has 0 aliphatic carbocycles. The van der Waals surface area contributed by atoms with Crippen LogP contribution in [0.3, 0.4) is 0 Å². The number of hydrogen-bond acceptors (Lipinski definition) is 9. The molecule has 4 rings (SSSR count). The number of aliphatic carboxylic acids is 1. The number of nitrogens with zero attached hydrogens (tertiary/aromatic N) is 4. The van der Waals surface area contributed by atoms with Crippen molar-refractivity contribution in [3.8, 4) is 5.75 Å². The maximum atomic E-state index is 13.5. The van der Waals surface area contributed by atoms with E-state index in [2.05, 4.69) is 10.3 Å². The van der Waals surface area contributed by atoms with E-state index in [1.165, 1.54) is 20.8 Å². The third-order valence-electron chi connectivity index (χ3n) is 7.85. The molecule has 2 aromatic rings. The summed E-state index contributed by atoms with van der Waals surface area (Å²) in [7, 11) is 0. The van der Waals surface area contributed by atoms with Crippen molar-refractivity contribution in [3.05, 3.63) is 35.5 Å². The fraction of sp³-hybridized carbons (Fsp3) is 0.548. The van der Waals surface area contributed by atoms with Crippen LogP contribution in [0.2, 0.25) is 0 Å². The Balaban J connectivity index is 1.47. The molecule has 2 fully saturated rings. The summed E-state index contributed by atoms with van der Waals surface area (Å²) in [4.78, 5) is 72.3. The average Bonchev–Trinajstić information content (AvgIpc) is 3.47. The van der Waals surface area contributed by atoms with Crippen LogP contribution in [0.1, 0.15) is 55.1 Å². The number of β-amino-alcohol motifs (C(OH)–C–C–N with tert-alkyl or cyclic N) is 1. The first kappa shape index (κ1) is 33.4. The maximum absolute atomic E-state index is 13.5. The van der Waals surface area contributed by atoms with Crippen molar-refractivity contribution in [2.75, 3.05) is 52.5 Å². The van der Waals surface area contributed by atoms with E-state index in [4.69, 9.17) is 9.47 Å². The predicted octanol–water partition coefficient (Wildman–Crippen LogP) is 1.56. The van der Waals surface area contributed by atoms with E-state index in [1.807, 2.05) is 19.9 Å². The zero-order chi connectivity index (χ0) is 32.5. The molecule has 2 aliphatic heterocycles. The van der Waals surface area contributed by atoms with Gasteiger partial charge in [-0.05, 0) is 43.9 Å². The Kier molecular flexibility index (Phi) is 11.5. The summed E-state index contributed by atoms with van der Waals surface area (Å²) in [6, 6.07) is 5.62. The predicted molar refractivity (Wildman–Crippen MR) is 162 cm³/mol. The molecule has 3 heterocycles. The normalized spacial score (nSPS) is 17.2. The summed E-state index contributed by atoms with van der Waals surface area (Å²) in [6.45, 7) is 5.44. The second-order valence-corrected chi connectivity index (χ2v) is 11.3. The summed E-state index contributed by atoms with van der Waals surface area (Å²) in [5.41, 5.74) is 1.25. The second kappa shape index (κ2) is 15.5. The van der Waals surface area contributed by atoms with Gasteiger partial charge in [0.25, 0.3) is 11.8 Å². The van der Waals surface area contributed by atoms with Crippen LogP contribution in [0.25, 0.3) is 10.9 Å². The first-order valence-corrected chi connectivity index (χ1v) is 15.3. The Morgan fingerprint density at radius 2 is 1.78 bits per heavy atom. The first-order valence-electron chi connectivity index (χ1n) is 15.3. The lowest BCUT2D eigenvalue weighted by Gasteiger charge is -2.36. The zero-order valence-corrected chi connectivity index (χ0v) is 25.7. The van der Waals surface area contributed by atoms with E-state index in [-0.39, 0.29) is 69.5 Å². The molecule has 14 heteroatoms. The summed E-state index contributed by atoms with van der Waals surface area (Å²) < 4.78 is 11.1. The highest BCUT2D eigenvalue weighted by atomic mass is 16.6. The number of carbonyl (C=O) groups is 5. The number of aliphatic hydroxyl groups is 1. The summed E-state index contributed by atoms with van der Waals surface area (Å²) >= 11 is 0. The van der Waals surface area contributed by atoms with E-state index in [0.29, 0.717) is 30.5 Å². The third kappa shape index (κ3) is 9.03. The van der Waals surface area contributed by atoms with E-state index in [1.54, 1.807) is 12.1 Å². The number of carboxylic acid groups (broad SMARTS) is 1. The van der Waals surface area contributed by atoms with Crippen LogP contribution in [0, 0.1) is 6.92 Å². The van der Waals surface area contributed by atoms with E-state index < -0.39 is 36.0 Å². The summed E-state index contributed by atoms with van der Waals surface area (Å²) in [5, 5.41) is 22.3. The van der Waals surface area contributed by atoms with Crippen LogP contribution in [0.5, 0.6) is 5.75 Å². The number of piperazine rings is 1.